The Bertz CT molecular complexity index is 627. The molecule has 1 aliphatic rings. The third-order valence-corrected chi connectivity index (χ3v) is 4.17. The molecule has 2 N–H and O–H groups in total. The molecule has 132 valence electrons. The molecule has 0 atom stereocenters. The van der Waals surface area contributed by atoms with Crippen molar-refractivity contribution < 1.29 is 13.6 Å². The molecular weight excluding hydrogens is 314 g/mol. The summed E-state index contributed by atoms with van der Waals surface area (Å²) in [6.45, 7) is 3.11. The molecule has 1 aromatic rings. The maximum absolute atomic E-state index is 14.0. The highest BCUT2D eigenvalue weighted by Gasteiger charge is 2.46. The molecule has 7 heteroatoms. The van der Waals surface area contributed by atoms with Crippen LogP contribution in [-0.2, 0) is 10.2 Å². The predicted octanol–water partition coefficient (Wildman–Crippen LogP) is 1.64. The molecule has 1 aliphatic carbocycles. The zero-order chi connectivity index (χ0) is 17.7. The zero-order valence-corrected chi connectivity index (χ0v) is 14.3. The molecule has 0 heterocycles. The minimum absolute atomic E-state index is 0.0419. The van der Waals surface area contributed by atoms with Gasteiger partial charge in [0.15, 0.2) is 5.96 Å². The van der Waals surface area contributed by atoms with Gasteiger partial charge in [0, 0.05) is 38.7 Å². The smallest absolute Gasteiger partial charge is 0.243 e. The van der Waals surface area contributed by atoms with E-state index in [1.165, 1.54) is 17.0 Å². The highest BCUT2D eigenvalue weighted by Crippen LogP contribution is 2.48. The predicted molar refractivity (Wildman–Crippen MR) is 89.9 cm³/mol. The van der Waals surface area contributed by atoms with E-state index in [-0.39, 0.29) is 17.9 Å². The fourth-order valence-corrected chi connectivity index (χ4v) is 2.49. The van der Waals surface area contributed by atoms with E-state index in [1.54, 1.807) is 14.1 Å². The molecule has 0 radical (unpaired) electrons. The summed E-state index contributed by atoms with van der Waals surface area (Å²) < 4.78 is 27.1. The number of hydrogen-bond donors (Lipinski definition) is 2. The van der Waals surface area contributed by atoms with E-state index < -0.39 is 11.6 Å². The number of rotatable bonds is 6. The van der Waals surface area contributed by atoms with Crippen molar-refractivity contribution in [3.63, 3.8) is 0 Å². The maximum atomic E-state index is 14.0. The third kappa shape index (κ3) is 4.43. The summed E-state index contributed by atoms with van der Waals surface area (Å²) in [5.41, 5.74) is 0.191. The van der Waals surface area contributed by atoms with Crippen molar-refractivity contribution in [2.24, 2.45) is 4.99 Å². The molecule has 1 amide bonds. The number of guanidine groups is 1. The minimum Gasteiger partial charge on any atom is -0.357 e. The first-order valence-electron chi connectivity index (χ1n) is 8.06. The van der Waals surface area contributed by atoms with Gasteiger partial charge in [0.1, 0.15) is 18.2 Å². The number of aliphatic imine (C=N–C) groups is 1. The largest absolute Gasteiger partial charge is 0.357 e. The monoisotopic (exact) mass is 338 g/mol. The number of nitrogens with zero attached hydrogens (tertiary/aromatic N) is 2. The van der Waals surface area contributed by atoms with Crippen molar-refractivity contribution in [2.75, 3.05) is 33.7 Å². The number of nitrogens with one attached hydrogen (secondary N) is 2. The first-order chi connectivity index (χ1) is 11.4. The molecule has 0 aromatic heterocycles. The Hall–Kier alpha value is -2.18. The first-order valence-corrected chi connectivity index (χ1v) is 8.06. The van der Waals surface area contributed by atoms with Crippen LogP contribution in [-0.4, -0.2) is 50.5 Å². The van der Waals surface area contributed by atoms with E-state index >= 15 is 0 Å². The van der Waals surface area contributed by atoms with E-state index in [0.717, 1.165) is 18.9 Å². The summed E-state index contributed by atoms with van der Waals surface area (Å²) in [5.74, 6) is -0.671. The van der Waals surface area contributed by atoms with Crippen LogP contribution < -0.4 is 10.6 Å². The molecular formula is C17H24F2N4O. The van der Waals surface area contributed by atoms with Crippen molar-refractivity contribution in [3.05, 3.63) is 35.4 Å². The molecule has 0 saturated heterocycles. The summed E-state index contributed by atoms with van der Waals surface area (Å²) in [6, 6.07) is 3.72. The second-order valence-electron chi connectivity index (χ2n) is 6.24. The van der Waals surface area contributed by atoms with Crippen LogP contribution >= 0.6 is 0 Å². The first kappa shape index (κ1) is 18.2. The van der Waals surface area contributed by atoms with E-state index in [9.17, 15) is 13.6 Å². The summed E-state index contributed by atoms with van der Waals surface area (Å²) in [6.07, 6.45) is 1.66. The van der Waals surface area contributed by atoms with Crippen LogP contribution in [0.1, 0.15) is 25.3 Å². The third-order valence-electron chi connectivity index (χ3n) is 4.17. The molecule has 1 saturated carbocycles. The highest BCUT2D eigenvalue weighted by atomic mass is 19.1. The van der Waals surface area contributed by atoms with Crippen LogP contribution in [0.3, 0.4) is 0 Å². The Kier molecular flexibility index (Phi) is 5.75. The Morgan fingerprint density at radius 3 is 2.54 bits per heavy atom. The lowest BCUT2D eigenvalue weighted by atomic mass is 9.95. The zero-order valence-electron chi connectivity index (χ0n) is 14.3. The molecule has 1 fully saturated rings. The molecule has 2 rings (SSSR count). The van der Waals surface area contributed by atoms with Gasteiger partial charge in [-0.3, -0.25) is 4.79 Å². The number of carbonyl (C=O) groups is 1. The summed E-state index contributed by atoms with van der Waals surface area (Å²) in [7, 11) is 3.35. The molecule has 0 aliphatic heterocycles. The molecule has 24 heavy (non-hydrogen) atoms. The summed E-state index contributed by atoms with van der Waals surface area (Å²) >= 11 is 0. The molecule has 0 spiro atoms. The quantitative estimate of drug-likeness (QED) is 0.612. The maximum Gasteiger partial charge on any atom is 0.243 e. The lowest BCUT2D eigenvalue weighted by molar-refractivity contribution is -0.127. The summed E-state index contributed by atoms with van der Waals surface area (Å²) in [4.78, 5) is 17.4. The number of carbonyl (C=O) groups excluding carboxylic acids is 1. The van der Waals surface area contributed by atoms with Crippen molar-refractivity contribution in [1.29, 1.82) is 0 Å². The van der Waals surface area contributed by atoms with Crippen molar-refractivity contribution >= 4 is 11.9 Å². The Labute approximate surface area is 141 Å². The number of amides is 1. The van der Waals surface area contributed by atoms with Crippen LogP contribution in [0.15, 0.2) is 23.2 Å². The average molecular weight is 338 g/mol. The van der Waals surface area contributed by atoms with Gasteiger partial charge in [-0.25, -0.2) is 13.8 Å². The van der Waals surface area contributed by atoms with Crippen molar-refractivity contribution in [2.45, 2.75) is 25.2 Å². The summed E-state index contributed by atoms with van der Waals surface area (Å²) in [5, 5.41) is 6.23. The van der Waals surface area contributed by atoms with E-state index in [0.29, 0.717) is 24.6 Å². The fourth-order valence-electron chi connectivity index (χ4n) is 2.49. The molecule has 1 aromatic carbocycles. The second-order valence-corrected chi connectivity index (χ2v) is 6.24. The Balaban J connectivity index is 2.03. The van der Waals surface area contributed by atoms with Gasteiger partial charge in [0.2, 0.25) is 5.91 Å². The number of halogens is 2. The number of hydrogen-bond acceptors (Lipinski definition) is 2. The molecule has 0 bridgehead atoms. The van der Waals surface area contributed by atoms with Crippen LogP contribution in [0.5, 0.6) is 0 Å². The van der Waals surface area contributed by atoms with Gasteiger partial charge in [-0.2, -0.15) is 0 Å². The van der Waals surface area contributed by atoms with E-state index in [1.807, 2.05) is 6.92 Å². The molecule has 5 nitrogen and oxygen atoms in total. The van der Waals surface area contributed by atoms with Gasteiger partial charge in [0.05, 0.1) is 0 Å². The average Bonchev–Trinajstić information content (AvgIpc) is 3.30. The fraction of sp³-hybridized carbons (Fsp3) is 0.529. The van der Waals surface area contributed by atoms with Crippen LogP contribution in [0, 0.1) is 11.6 Å². The highest BCUT2D eigenvalue weighted by molar-refractivity contribution is 5.84. The van der Waals surface area contributed by atoms with Gasteiger partial charge >= 0.3 is 0 Å². The number of benzene rings is 1. The van der Waals surface area contributed by atoms with Crippen LogP contribution in [0.2, 0.25) is 0 Å². The number of likely N-dealkylation sites (N-methyl/N-ethyl adjacent to an activating group) is 1. The van der Waals surface area contributed by atoms with Gasteiger partial charge in [-0.05, 0) is 31.4 Å². The van der Waals surface area contributed by atoms with E-state index in [2.05, 4.69) is 15.6 Å². The molecule has 0 unspecified atom stereocenters. The standard InChI is InChI=1S/C17H24F2N4O/c1-4-20-16(21-10-15(24)23(2)3)22-11-17(7-8-17)13-6-5-12(18)9-14(13)19/h5-6,9H,4,7-8,10-11H2,1-3H3,(H2,20,21,22). The van der Waals surface area contributed by atoms with Crippen molar-refractivity contribution in [1.82, 2.24) is 15.5 Å². The topological polar surface area (TPSA) is 56.7 Å². The Morgan fingerprint density at radius 2 is 2.00 bits per heavy atom. The van der Waals surface area contributed by atoms with Gasteiger partial charge < -0.3 is 15.5 Å². The SMILES string of the molecule is CCNC(=NCC(=O)N(C)C)NCC1(c2ccc(F)cc2F)CC1. The van der Waals surface area contributed by atoms with Crippen molar-refractivity contribution in [3.8, 4) is 0 Å². The van der Waals surface area contributed by atoms with Gasteiger partial charge in [-0.15, -0.1) is 0 Å². The van der Waals surface area contributed by atoms with Gasteiger partial charge in [0.25, 0.3) is 0 Å². The van der Waals surface area contributed by atoms with Crippen LogP contribution in [0.25, 0.3) is 0 Å². The lowest BCUT2D eigenvalue weighted by Gasteiger charge is -2.19. The van der Waals surface area contributed by atoms with Gasteiger partial charge in [-0.1, -0.05) is 6.07 Å². The van der Waals surface area contributed by atoms with E-state index in [4.69, 9.17) is 0 Å². The minimum atomic E-state index is -0.572. The lowest BCUT2D eigenvalue weighted by Crippen LogP contribution is -2.42. The second kappa shape index (κ2) is 7.59. The van der Waals surface area contributed by atoms with Crippen LogP contribution in [0.4, 0.5) is 8.78 Å². The normalized spacial score (nSPS) is 15.8. The Morgan fingerprint density at radius 1 is 1.29 bits per heavy atom.